The van der Waals surface area contributed by atoms with Gasteiger partial charge in [-0.25, -0.2) is 0 Å². The van der Waals surface area contributed by atoms with Crippen LogP contribution < -0.4 is 0 Å². The molecule has 0 aliphatic rings. The highest BCUT2D eigenvalue weighted by Gasteiger charge is 2.24. The van der Waals surface area contributed by atoms with Gasteiger partial charge < -0.3 is 0 Å². The summed E-state index contributed by atoms with van der Waals surface area (Å²) in [6.07, 6.45) is 44.4. The molecular formula is C36H76P2S4. The first-order valence-corrected chi connectivity index (χ1v) is 28.7. The van der Waals surface area contributed by atoms with E-state index in [0.717, 1.165) is 0 Å². The molecule has 0 amide bonds. The molecule has 0 saturated heterocycles. The van der Waals surface area contributed by atoms with Crippen LogP contribution >= 0.6 is 31.3 Å². The predicted octanol–water partition coefficient (Wildman–Crippen LogP) is 16.2. The van der Waals surface area contributed by atoms with E-state index in [9.17, 15) is 0 Å². The Morgan fingerprint density at radius 3 is 0.643 bits per heavy atom. The topological polar surface area (TPSA) is 0 Å². The first-order valence-electron chi connectivity index (χ1n) is 19.0. The molecule has 0 aromatic carbocycles. The summed E-state index contributed by atoms with van der Waals surface area (Å²) < 4.78 is 0. The van der Waals surface area contributed by atoms with E-state index < -0.39 is 10.5 Å². The minimum absolute atomic E-state index is 1.33. The smallest absolute Gasteiger partial charge is 0.0182 e. The van der Waals surface area contributed by atoms with Crippen LogP contribution in [0.5, 0.6) is 0 Å². The Kier molecular flexibility index (Phi) is 34.5. The number of hydrogen-bond donors (Lipinski definition) is 0. The van der Waals surface area contributed by atoms with Crippen molar-refractivity contribution in [3.05, 3.63) is 0 Å². The zero-order valence-electron chi connectivity index (χ0n) is 29.2. The van der Waals surface area contributed by atoms with E-state index in [1.54, 1.807) is 0 Å². The number of hydrogen-bond acceptors (Lipinski definition) is 4. The van der Waals surface area contributed by atoms with Crippen molar-refractivity contribution in [1.82, 2.24) is 0 Å². The Morgan fingerprint density at radius 1 is 0.286 bits per heavy atom. The second-order valence-corrected chi connectivity index (χ2v) is 31.9. The summed E-state index contributed by atoms with van der Waals surface area (Å²) in [6.45, 7) is 9.27. The number of rotatable bonds is 35. The van der Waals surface area contributed by atoms with Crippen LogP contribution in [0.4, 0.5) is 0 Å². The summed E-state index contributed by atoms with van der Waals surface area (Å²) in [6, 6.07) is 0. The molecule has 0 aromatic heterocycles. The Hall–Kier alpha value is 2.00. The number of unbranched alkanes of at least 4 members (excludes halogenated alkanes) is 24. The first-order chi connectivity index (χ1) is 20.4. The Bertz CT molecular complexity index is 542. The second kappa shape index (κ2) is 32.9. The maximum absolute atomic E-state index is 6.62. The van der Waals surface area contributed by atoms with Crippen molar-refractivity contribution in [3.8, 4) is 0 Å². The lowest BCUT2D eigenvalue weighted by molar-refractivity contribution is 0.600. The SMILES string of the molecule is CCCCCCCCCP(=S)(CCCCCCCCC)SSP(=S)(CCCCCCCCC)CCCCCCCCC. The van der Waals surface area contributed by atoms with Crippen LogP contribution in [0.15, 0.2) is 0 Å². The second-order valence-electron chi connectivity index (χ2n) is 13.2. The van der Waals surface area contributed by atoms with Gasteiger partial charge in [0.15, 0.2) is 0 Å². The molecule has 0 heterocycles. The summed E-state index contributed by atoms with van der Waals surface area (Å²) in [5.74, 6) is 0. The van der Waals surface area contributed by atoms with Crippen LogP contribution in [0.1, 0.15) is 207 Å². The fourth-order valence-electron chi connectivity index (χ4n) is 5.73. The molecule has 0 aromatic rings. The van der Waals surface area contributed by atoms with Crippen LogP contribution in [0.3, 0.4) is 0 Å². The van der Waals surface area contributed by atoms with Gasteiger partial charge in [0.1, 0.15) is 0 Å². The van der Waals surface area contributed by atoms with Gasteiger partial charge in [-0.1, -0.05) is 226 Å². The zero-order chi connectivity index (χ0) is 31.0. The largest absolute Gasteiger partial charge is 0.0851 e. The molecule has 42 heavy (non-hydrogen) atoms. The first kappa shape index (κ1) is 44.0. The molecule has 0 fully saturated rings. The highest BCUT2D eigenvalue weighted by atomic mass is 33.5. The summed E-state index contributed by atoms with van der Waals surface area (Å²) in [5.41, 5.74) is 0. The zero-order valence-corrected chi connectivity index (χ0v) is 34.2. The fraction of sp³-hybridized carbons (Fsp3) is 1.00. The molecule has 0 spiro atoms. The van der Waals surface area contributed by atoms with E-state index in [2.05, 4.69) is 48.5 Å². The van der Waals surface area contributed by atoms with Gasteiger partial charge in [0.05, 0.1) is 0 Å². The van der Waals surface area contributed by atoms with Gasteiger partial charge >= 0.3 is 0 Å². The fourth-order valence-corrected chi connectivity index (χ4v) is 30.1. The molecule has 254 valence electrons. The summed E-state index contributed by atoms with van der Waals surface area (Å²) in [5, 5.41) is -2.76. The maximum atomic E-state index is 6.62. The highest BCUT2D eigenvalue weighted by Crippen LogP contribution is 2.76. The third-order valence-corrected chi connectivity index (χ3v) is 30.1. The monoisotopic (exact) mass is 698 g/mol. The van der Waals surface area contributed by atoms with Crippen LogP contribution in [-0.2, 0) is 23.6 Å². The van der Waals surface area contributed by atoms with Gasteiger partial charge in [-0.15, -0.1) is 0 Å². The van der Waals surface area contributed by atoms with Gasteiger partial charge in [0.25, 0.3) is 0 Å². The molecule has 6 heteroatoms. The predicted molar refractivity (Wildman–Crippen MR) is 215 cm³/mol. The van der Waals surface area contributed by atoms with Crippen molar-refractivity contribution in [1.29, 1.82) is 0 Å². The Balaban J connectivity index is 4.98. The van der Waals surface area contributed by atoms with E-state index in [4.69, 9.17) is 23.6 Å². The third-order valence-electron chi connectivity index (χ3n) is 8.71. The standard InChI is InChI=1S/C36H76P2S4/c1-5-9-13-17-21-25-29-33-37(39,34-30-26-22-18-14-10-6-2)41-42-38(40,35-31-27-23-19-15-11-7-3)36-32-28-24-20-16-12-8-4/h5-36H2,1-4H3. The lowest BCUT2D eigenvalue weighted by Crippen LogP contribution is -1.96. The van der Waals surface area contributed by atoms with Crippen LogP contribution in [0.25, 0.3) is 0 Å². The lowest BCUT2D eigenvalue weighted by atomic mass is 10.1. The minimum atomic E-state index is -1.38. The molecule has 0 aliphatic carbocycles. The minimum Gasteiger partial charge on any atom is -0.0851 e. The Labute approximate surface area is 285 Å². The molecule has 0 atom stereocenters. The molecule has 0 saturated carbocycles. The molecule has 0 aliphatic heterocycles. The summed E-state index contributed by atoms with van der Waals surface area (Å²) in [4.78, 5) is 0. The van der Waals surface area contributed by atoms with Crippen molar-refractivity contribution in [3.63, 3.8) is 0 Å². The van der Waals surface area contributed by atoms with E-state index in [1.807, 2.05) is 0 Å². The van der Waals surface area contributed by atoms with Crippen molar-refractivity contribution in [2.24, 2.45) is 0 Å². The molecule has 0 unspecified atom stereocenters. The molecule has 0 nitrogen and oxygen atoms in total. The van der Waals surface area contributed by atoms with Gasteiger partial charge in [0.2, 0.25) is 0 Å². The van der Waals surface area contributed by atoms with Crippen molar-refractivity contribution < 1.29 is 0 Å². The highest BCUT2D eigenvalue weighted by molar-refractivity contribution is 9.19. The van der Waals surface area contributed by atoms with E-state index in [-0.39, 0.29) is 0 Å². The van der Waals surface area contributed by atoms with Gasteiger partial charge in [0, 0.05) is 10.5 Å². The normalized spacial score (nSPS) is 12.4. The van der Waals surface area contributed by atoms with Crippen molar-refractivity contribution in [2.75, 3.05) is 24.6 Å². The molecule has 0 bridgehead atoms. The molecule has 0 N–H and O–H groups in total. The molecule has 0 rings (SSSR count). The maximum Gasteiger partial charge on any atom is 0.0182 e. The molecular weight excluding hydrogens is 623 g/mol. The lowest BCUT2D eigenvalue weighted by Gasteiger charge is -2.27. The van der Waals surface area contributed by atoms with E-state index >= 15 is 0 Å². The van der Waals surface area contributed by atoms with E-state index in [0.29, 0.717) is 0 Å². The van der Waals surface area contributed by atoms with Crippen LogP contribution in [0.2, 0.25) is 0 Å². The van der Waals surface area contributed by atoms with Gasteiger partial charge in [-0.3, -0.25) is 0 Å². The Morgan fingerprint density at radius 2 is 0.452 bits per heavy atom. The van der Waals surface area contributed by atoms with Crippen molar-refractivity contribution in [2.45, 2.75) is 207 Å². The summed E-state index contributed by atoms with van der Waals surface area (Å²) in [7, 11) is 4.42. The van der Waals surface area contributed by atoms with Gasteiger partial charge in [-0.2, -0.15) is 0 Å². The van der Waals surface area contributed by atoms with Crippen LogP contribution in [-0.4, -0.2) is 24.6 Å². The van der Waals surface area contributed by atoms with E-state index in [1.165, 1.54) is 204 Å². The quantitative estimate of drug-likeness (QED) is 0.0367. The summed E-state index contributed by atoms with van der Waals surface area (Å²) >= 11 is 13.2. The third kappa shape index (κ3) is 29.4. The molecule has 0 radical (unpaired) electrons. The van der Waals surface area contributed by atoms with Crippen LogP contribution in [0, 0.1) is 0 Å². The average Bonchev–Trinajstić information content (AvgIpc) is 2.98. The van der Waals surface area contributed by atoms with Gasteiger partial charge in [-0.05, 0) is 50.3 Å². The average molecular weight is 699 g/mol. The van der Waals surface area contributed by atoms with Crippen molar-refractivity contribution >= 4 is 54.9 Å².